The number of rotatable bonds is 5. The number of amides is 1. The summed E-state index contributed by atoms with van der Waals surface area (Å²) in [6.45, 7) is -0.939. The molecule has 0 spiro atoms. The Labute approximate surface area is 179 Å². The van der Waals surface area contributed by atoms with Gasteiger partial charge < -0.3 is 0 Å². The molecular formula is C19H16F4N4O4S. The Hall–Kier alpha value is -3.29. The highest BCUT2D eigenvalue weighted by Crippen LogP contribution is 2.42. The maximum Gasteiger partial charge on any atom is 0.433 e. The van der Waals surface area contributed by atoms with Crippen LogP contribution in [0.25, 0.3) is 22.4 Å². The molecule has 0 aliphatic carbocycles. The minimum atomic E-state index is -4.98. The Morgan fingerprint density at radius 1 is 1.09 bits per heavy atom. The van der Waals surface area contributed by atoms with Gasteiger partial charge in [-0.15, -0.1) is 0 Å². The third-order valence-electron chi connectivity index (χ3n) is 4.46. The summed E-state index contributed by atoms with van der Waals surface area (Å²) in [4.78, 5) is 11.6. The summed E-state index contributed by atoms with van der Waals surface area (Å²) in [6.07, 6.45) is -4.98. The molecule has 3 N–H and O–H groups in total. The summed E-state index contributed by atoms with van der Waals surface area (Å²) < 4.78 is 78.9. The lowest BCUT2D eigenvalue weighted by atomic mass is 9.98. The molecule has 8 nitrogen and oxygen atoms in total. The van der Waals surface area contributed by atoms with Gasteiger partial charge in [0.05, 0.1) is 4.90 Å². The maximum absolute atomic E-state index is 14.1. The fraction of sp³-hybridized carbons (Fsp3) is 0.158. The maximum atomic E-state index is 14.1. The molecule has 0 bridgehead atoms. The summed E-state index contributed by atoms with van der Waals surface area (Å²) in [5, 5.41) is 18.4. The SMILES string of the molecule is CN(O)C(=O)Cn1nc(-c2ccc(S(N)(=O)=O)cc2)c(-c2ccc(F)cc2)c1C(F)(F)F. The first-order valence-corrected chi connectivity index (χ1v) is 10.4. The molecule has 0 atom stereocenters. The molecule has 32 heavy (non-hydrogen) atoms. The van der Waals surface area contributed by atoms with Crippen molar-refractivity contribution in [3.05, 3.63) is 60.0 Å². The average Bonchev–Trinajstić information content (AvgIpc) is 3.07. The fourth-order valence-electron chi connectivity index (χ4n) is 2.99. The number of hydroxylamine groups is 2. The van der Waals surface area contributed by atoms with E-state index in [0.717, 1.165) is 43.4 Å². The Morgan fingerprint density at radius 3 is 2.09 bits per heavy atom. The van der Waals surface area contributed by atoms with Crippen LogP contribution in [0, 0.1) is 5.82 Å². The quantitative estimate of drug-likeness (QED) is 0.336. The van der Waals surface area contributed by atoms with Gasteiger partial charge in [-0.3, -0.25) is 10.0 Å². The van der Waals surface area contributed by atoms with Crippen LogP contribution in [0.1, 0.15) is 5.69 Å². The van der Waals surface area contributed by atoms with E-state index in [1.165, 1.54) is 12.1 Å². The third-order valence-corrected chi connectivity index (χ3v) is 5.39. The predicted molar refractivity (Wildman–Crippen MR) is 104 cm³/mol. The van der Waals surface area contributed by atoms with E-state index in [1.807, 2.05) is 0 Å². The Kier molecular flexibility index (Phi) is 6.09. The highest BCUT2D eigenvalue weighted by molar-refractivity contribution is 7.89. The number of carbonyl (C=O) groups excluding carboxylic acids is 1. The lowest BCUT2D eigenvalue weighted by Crippen LogP contribution is -2.29. The van der Waals surface area contributed by atoms with Gasteiger partial charge in [-0.1, -0.05) is 24.3 Å². The number of likely N-dealkylation sites (N-methyl/N-ethyl adjacent to an activating group) is 1. The fourth-order valence-corrected chi connectivity index (χ4v) is 3.50. The van der Waals surface area contributed by atoms with Crippen LogP contribution in [-0.2, 0) is 27.5 Å². The number of halogens is 4. The lowest BCUT2D eigenvalue weighted by Gasteiger charge is -2.14. The molecule has 3 rings (SSSR count). The van der Waals surface area contributed by atoms with E-state index in [-0.39, 0.29) is 26.8 Å². The average molecular weight is 472 g/mol. The normalized spacial score (nSPS) is 12.1. The van der Waals surface area contributed by atoms with Crippen molar-refractivity contribution < 1.29 is 36.0 Å². The van der Waals surface area contributed by atoms with Gasteiger partial charge in [0, 0.05) is 18.2 Å². The molecule has 0 aliphatic rings. The van der Waals surface area contributed by atoms with Gasteiger partial charge in [-0.25, -0.2) is 27.7 Å². The minimum absolute atomic E-state index is 0.0414. The molecular weight excluding hydrogens is 456 g/mol. The van der Waals surface area contributed by atoms with Crippen LogP contribution in [0.3, 0.4) is 0 Å². The highest BCUT2D eigenvalue weighted by atomic mass is 32.2. The van der Waals surface area contributed by atoms with Crippen LogP contribution in [-0.4, -0.2) is 41.4 Å². The molecule has 0 saturated carbocycles. The molecule has 3 aromatic rings. The molecule has 170 valence electrons. The standard InChI is InChI=1S/C19H16F4N4O4S/c1-26(29)15(28)10-27-18(19(21,22)23)16(11-2-6-13(20)7-3-11)17(25-27)12-4-8-14(9-5-12)32(24,30)31/h2-9,29H,10H2,1H3,(H2,24,30,31). The van der Waals surface area contributed by atoms with Gasteiger partial charge in [0.15, 0.2) is 5.69 Å². The Morgan fingerprint density at radius 2 is 1.62 bits per heavy atom. The van der Waals surface area contributed by atoms with Crippen molar-refractivity contribution in [3.63, 3.8) is 0 Å². The van der Waals surface area contributed by atoms with E-state index >= 15 is 0 Å². The van der Waals surface area contributed by atoms with Crippen LogP contribution in [0.4, 0.5) is 17.6 Å². The van der Waals surface area contributed by atoms with Gasteiger partial charge in [0.1, 0.15) is 18.1 Å². The van der Waals surface area contributed by atoms with E-state index < -0.39 is 45.7 Å². The molecule has 2 aromatic carbocycles. The number of primary sulfonamides is 1. The molecule has 13 heteroatoms. The summed E-state index contributed by atoms with van der Waals surface area (Å²) in [6, 6.07) is 8.78. The van der Waals surface area contributed by atoms with Crippen LogP contribution in [0.2, 0.25) is 0 Å². The first-order chi connectivity index (χ1) is 14.8. The van der Waals surface area contributed by atoms with E-state index in [9.17, 15) is 36.0 Å². The zero-order valence-corrected chi connectivity index (χ0v) is 17.2. The first kappa shape index (κ1) is 23.4. The summed E-state index contributed by atoms with van der Waals surface area (Å²) >= 11 is 0. The minimum Gasteiger partial charge on any atom is -0.286 e. The van der Waals surface area contributed by atoms with E-state index in [0.29, 0.717) is 4.68 Å². The van der Waals surface area contributed by atoms with Crippen molar-refractivity contribution in [2.24, 2.45) is 5.14 Å². The van der Waals surface area contributed by atoms with Crippen LogP contribution in [0.5, 0.6) is 0 Å². The second-order valence-electron chi connectivity index (χ2n) is 6.72. The molecule has 0 unspecified atom stereocenters. The number of benzene rings is 2. The van der Waals surface area contributed by atoms with Crippen LogP contribution < -0.4 is 5.14 Å². The second-order valence-corrected chi connectivity index (χ2v) is 8.28. The molecule has 0 saturated heterocycles. The molecule has 1 aromatic heterocycles. The summed E-state index contributed by atoms with van der Waals surface area (Å²) in [5.41, 5.74) is -1.94. The second kappa shape index (κ2) is 8.33. The zero-order valence-electron chi connectivity index (χ0n) is 16.3. The van der Waals surface area contributed by atoms with Crippen molar-refractivity contribution in [1.29, 1.82) is 0 Å². The number of hydrogen-bond donors (Lipinski definition) is 2. The van der Waals surface area contributed by atoms with Gasteiger partial charge in [0.25, 0.3) is 5.91 Å². The predicted octanol–water partition coefficient (Wildman–Crippen LogP) is 2.87. The zero-order chi connectivity index (χ0) is 23.8. The number of sulfonamides is 1. The summed E-state index contributed by atoms with van der Waals surface area (Å²) in [5.74, 6) is -1.74. The van der Waals surface area contributed by atoms with E-state index in [1.54, 1.807) is 0 Å². The molecule has 0 aliphatic heterocycles. The molecule has 1 heterocycles. The smallest absolute Gasteiger partial charge is 0.286 e. The summed E-state index contributed by atoms with van der Waals surface area (Å²) in [7, 11) is -3.09. The molecule has 0 fully saturated rings. The Balaban J connectivity index is 2.31. The third kappa shape index (κ3) is 4.79. The van der Waals surface area contributed by atoms with Crippen molar-refractivity contribution >= 4 is 15.9 Å². The Bertz CT molecular complexity index is 1250. The largest absolute Gasteiger partial charge is 0.433 e. The van der Waals surface area contributed by atoms with E-state index in [4.69, 9.17) is 5.14 Å². The van der Waals surface area contributed by atoms with Crippen molar-refractivity contribution in [2.75, 3.05) is 7.05 Å². The number of hydrogen-bond acceptors (Lipinski definition) is 5. The number of alkyl halides is 3. The van der Waals surface area contributed by atoms with Gasteiger partial charge in [-0.05, 0) is 29.8 Å². The van der Waals surface area contributed by atoms with Crippen molar-refractivity contribution in [3.8, 4) is 22.4 Å². The first-order valence-electron chi connectivity index (χ1n) is 8.81. The van der Waals surface area contributed by atoms with E-state index in [2.05, 4.69) is 5.10 Å². The number of nitrogens with zero attached hydrogens (tertiary/aromatic N) is 3. The van der Waals surface area contributed by atoms with Crippen molar-refractivity contribution in [1.82, 2.24) is 14.8 Å². The van der Waals surface area contributed by atoms with Crippen molar-refractivity contribution in [2.45, 2.75) is 17.6 Å². The monoisotopic (exact) mass is 472 g/mol. The number of nitrogens with two attached hydrogens (primary N) is 1. The molecule has 0 radical (unpaired) electrons. The highest BCUT2D eigenvalue weighted by Gasteiger charge is 2.41. The lowest BCUT2D eigenvalue weighted by molar-refractivity contribution is -0.162. The van der Waals surface area contributed by atoms with Crippen LogP contribution in [0.15, 0.2) is 53.4 Å². The topological polar surface area (TPSA) is 119 Å². The molecule has 1 amide bonds. The number of carbonyl (C=O) groups is 1. The van der Waals surface area contributed by atoms with Gasteiger partial charge in [0.2, 0.25) is 10.0 Å². The number of aromatic nitrogens is 2. The van der Waals surface area contributed by atoms with Crippen LogP contribution >= 0.6 is 0 Å². The van der Waals surface area contributed by atoms with Gasteiger partial charge in [-0.2, -0.15) is 18.3 Å². The van der Waals surface area contributed by atoms with Gasteiger partial charge >= 0.3 is 6.18 Å².